The monoisotopic (exact) mass is 496 g/mol. The van der Waals surface area contributed by atoms with Crippen molar-refractivity contribution in [2.45, 2.75) is 6.61 Å². The molecule has 0 radical (unpaired) electrons. The molecule has 4 rings (SSSR count). The Hall–Kier alpha value is -3.86. The quantitative estimate of drug-likeness (QED) is 0.325. The first-order valence-electron chi connectivity index (χ1n) is 10.0. The number of anilines is 1. The number of nitrogens with one attached hydrogen (secondary N) is 1. The van der Waals surface area contributed by atoms with Gasteiger partial charge in [0.2, 0.25) is 6.79 Å². The first kappa shape index (κ1) is 23.3. The lowest BCUT2D eigenvalue weighted by Crippen LogP contribution is -2.13. The second-order valence-electron chi connectivity index (χ2n) is 7.14. The highest BCUT2D eigenvalue weighted by atomic mass is 35.5. The number of hydrogen-bond acceptors (Lipinski definition) is 6. The van der Waals surface area contributed by atoms with E-state index in [-0.39, 0.29) is 24.0 Å². The Labute approximate surface area is 206 Å². The van der Waals surface area contributed by atoms with E-state index in [1.807, 2.05) is 24.3 Å². The van der Waals surface area contributed by atoms with Gasteiger partial charge in [0, 0.05) is 10.7 Å². The van der Waals surface area contributed by atoms with Gasteiger partial charge in [-0.15, -0.1) is 0 Å². The maximum Gasteiger partial charge on any atom is 0.266 e. The number of hydrogen-bond donors (Lipinski definition) is 1. The summed E-state index contributed by atoms with van der Waals surface area (Å²) in [7, 11) is 1.48. The molecule has 1 amide bonds. The minimum absolute atomic E-state index is 0.109. The van der Waals surface area contributed by atoms with Gasteiger partial charge in [0.05, 0.1) is 12.1 Å². The van der Waals surface area contributed by atoms with Crippen LogP contribution in [0.2, 0.25) is 10.0 Å². The number of carbonyl (C=O) groups excluding carboxylic acids is 1. The van der Waals surface area contributed by atoms with Gasteiger partial charge in [-0.05, 0) is 65.7 Å². The van der Waals surface area contributed by atoms with Gasteiger partial charge in [0.1, 0.15) is 18.2 Å². The molecule has 0 atom stereocenters. The number of nitriles is 1. The van der Waals surface area contributed by atoms with Crippen LogP contribution in [-0.4, -0.2) is 19.8 Å². The average molecular weight is 497 g/mol. The van der Waals surface area contributed by atoms with Crippen LogP contribution in [0.15, 0.2) is 60.2 Å². The summed E-state index contributed by atoms with van der Waals surface area (Å²) in [5.74, 6) is 1.46. The van der Waals surface area contributed by atoms with Gasteiger partial charge in [-0.2, -0.15) is 5.26 Å². The van der Waals surface area contributed by atoms with Gasteiger partial charge >= 0.3 is 0 Å². The van der Waals surface area contributed by atoms with E-state index < -0.39 is 5.91 Å². The lowest BCUT2D eigenvalue weighted by atomic mass is 10.1. The Kier molecular flexibility index (Phi) is 7.12. The molecule has 7 nitrogen and oxygen atoms in total. The number of methoxy groups -OCH3 is 1. The van der Waals surface area contributed by atoms with Crippen molar-refractivity contribution < 1.29 is 23.7 Å². The third kappa shape index (κ3) is 5.37. The van der Waals surface area contributed by atoms with E-state index in [1.165, 1.54) is 13.2 Å². The minimum Gasteiger partial charge on any atom is -0.493 e. The fraction of sp³-hybridized carbons (Fsp3) is 0.120. The number of carbonyl (C=O) groups is 1. The number of benzene rings is 3. The summed E-state index contributed by atoms with van der Waals surface area (Å²) in [5, 5.41) is 13.0. The molecular weight excluding hydrogens is 479 g/mol. The van der Waals surface area contributed by atoms with E-state index in [0.29, 0.717) is 39.3 Å². The van der Waals surface area contributed by atoms with Crippen LogP contribution in [0.25, 0.3) is 6.08 Å². The van der Waals surface area contributed by atoms with Gasteiger partial charge in [0.25, 0.3) is 5.91 Å². The minimum atomic E-state index is -0.567. The Morgan fingerprint density at radius 1 is 1.12 bits per heavy atom. The third-order valence-corrected chi connectivity index (χ3v) is 5.38. The highest BCUT2D eigenvalue weighted by Gasteiger charge is 2.16. The molecule has 9 heteroatoms. The zero-order chi connectivity index (χ0) is 24.1. The van der Waals surface area contributed by atoms with Crippen molar-refractivity contribution in [2.24, 2.45) is 0 Å². The lowest BCUT2D eigenvalue weighted by molar-refractivity contribution is -0.112. The molecule has 1 aliphatic heterocycles. The molecule has 0 bridgehead atoms. The van der Waals surface area contributed by atoms with Crippen LogP contribution < -0.4 is 24.3 Å². The number of amides is 1. The van der Waals surface area contributed by atoms with Crippen molar-refractivity contribution in [1.82, 2.24) is 0 Å². The summed E-state index contributed by atoms with van der Waals surface area (Å²) >= 11 is 12.3. The number of ether oxygens (including phenoxy) is 4. The predicted molar refractivity (Wildman–Crippen MR) is 129 cm³/mol. The van der Waals surface area contributed by atoms with E-state index in [0.717, 1.165) is 5.56 Å². The van der Waals surface area contributed by atoms with Crippen LogP contribution >= 0.6 is 23.2 Å². The topological polar surface area (TPSA) is 89.8 Å². The summed E-state index contributed by atoms with van der Waals surface area (Å²) in [5.41, 5.74) is 1.76. The Bertz CT molecular complexity index is 1300. The number of halogens is 2. The molecule has 3 aromatic rings. The number of nitrogens with zero attached hydrogens (tertiary/aromatic N) is 1. The van der Waals surface area contributed by atoms with Crippen molar-refractivity contribution in [1.29, 1.82) is 5.26 Å². The van der Waals surface area contributed by atoms with Crippen LogP contribution in [0.5, 0.6) is 23.0 Å². The predicted octanol–water partition coefficient (Wildman–Crippen LogP) is 5.86. The molecule has 3 aromatic carbocycles. The molecule has 1 N–H and O–H groups in total. The van der Waals surface area contributed by atoms with Crippen molar-refractivity contribution >= 4 is 40.9 Å². The molecule has 0 aromatic heterocycles. The molecule has 0 aliphatic carbocycles. The maximum atomic E-state index is 12.5. The second-order valence-corrected chi connectivity index (χ2v) is 7.98. The number of fused-ring (bicyclic) bond motifs is 1. The largest absolute Gasteiger partial charge is 0.493 e. The zero-order valence-corrected chi connectivity index (χ0v) is 19.4. The standard InChI is InChI=1S/C25H18Cl2N2O5/c1-31-23-11-16(8-17(12-28)25(30)29-19-5-3-18(26)4-6-19)9-20(27)24(23)32-13-15-2-7-21-22(10-15)34-14-33-21/h2-11H,13-14H2,1H3,(H,29,30)/b17-8-. The summed E-state index contributed by atoms with van der Waals surface area (Å²) in [6.07, 6.45) is 1.42. The molecule has 0 fully saturated rings. The highest BCUT2D eigenvalue weighted by Crippen LogP contribution is 2.38. The second kappa shape index (κ2) is 10.4. The first-order valence-corrected chi connectivity index (χ1v) is 10.8. The van der Waals surface area contributed by atoms with Crippen LogP contribution in [0.3, 0.4) is 0 Å². The molecule has 0 saturated carbocycles. The van der Waals surface area contributed by atoms with Gasteiger partial charge in [-0.3, -0.25) is 4.79 Å². The summed E-state index contributed by atoms with van der Waals surface area (Å²) < 4.78 is 22.0. The van der Waals surface area contributed by atoms with Crippen LogP contribution in [-0.2, 0) is 11.4 Å². The van der Waals surface area contributed by atoms with Gasteiger partial charge in [-0.25, -0.2) is 0 Å². The zero-order valence-electron chi connectivity index (χ0n) is 17.9. The van der Waals surface area contributed by atoms with Crippen molar-refractivity contribution in [3.63, 3.8) is 0 Å². The van der Waals surface area contributed by atoms with Gasteiger partial charge < -0.3 is 24.3 Å². The molecule has 0 unspecified atom stereocenters. The Balaban J connectivity index is 1.51. The fourth-order valence-corrected chi connectivity index (χ4v) is 3.60. The van der Waals surface area contributed by atoms with E-state index in [2.05, 4.69) is 5.32 Å². The number of rotatable bonds is 7. The SMILES string of the molecule is COc1cc(/C=C(/C#N)C(=O)Nc2ccc(Cl)cc2)cc(Cl)c1OCc1ccc2c(c1)OCO2. The molecule has 172 valence electrons. The average Bonchev–Trinajstić information content (AvgIpc) is 3.31. The van der Waals surface area contributed by atoms with E-state index in [4.69, 9.17) is 42.1 Å². The molecular formula is C25H18Cl2N2O5. The van der Waals surface area contributed by atoms with E-state index in [9.17, 15) is 10.1 Å². The fourth-order valence-electron chi connectivity index (χ4n) is 3.20. The van der Waals surface area contributed by atoms with Crippen LogP contribution in [0, 0.1) is 11.3 Å². The summed E-state index contributed by atoms with van der Waals surface area (Å²) in [4.78, 5) is 12.5. The summed E-state index contributed by atoms with van der Waals surface area (Å²) in [6.45, 7) is 0.408. The summed E-state index contributed by atoms with van der Waals surface area (Å²) in [6, 6.07) is 17.2. The molecule has 34 heavy (non-hydrogen) atoms. The van der Waals surface area contributed by atoms with Crippen molar-refractivity contribution in [2.75, 3.05) is 19.2 Å². The lowest BCUT2D eigenvalue weighted by Gasteiger charge is -2.14. The molecule has 1 heterocycles. The van der Waals surface area contributed by atoms with Crippen LogP contribution in [0.1, 0.15) is 11.1 Å². The van der Waals surface area contributed by atoms with Gasteiger partial charge in [-0.1, -0.05) is 29.3 Å². The highest BCUT2D eigenvalue weighted by molar-refractivity contribution is 6.32. The van der Waals surface area contributed by atoms with Crippen LogP contribution in [0.4, 0.5) is 5.69 Å². The Morgan fingerprint density at radius 3 is 2.62 bits per heavy atom. The Morgan fingerprint density at radius 2 is 1.88 bits per heavy atom. The van der Waals surface area contributed by atoms with E-state index in [1.54, 1.807) is 36.4 Å². The molecule has 0 spiro atoms. The van der Waals surface area contributed by atoms with Crippen molar-refractivity contribution in [3.8, 4) is 29.1 Å². The van der Waals surface area contributed by atoms with Gasteiger partial charge in [0.15, 0.2) is 23.0 Å². The normalized spacial score (nSPS) is 12.1. The smallest absolute Gasteiger partial charge is 0.266 e. The molecule has 1 aliphatic rings. The third-order valence-electron chi connectivity index (χ3n) is 4.85. The van der Waals surface area contributed by atoms with E-state index >= 15 is 0 Å². The maximum absolute atomic E-state index is 12.5. The molecule has 0 saturated heterocycles. The van der Waals surface area contributed by atoms with Crippen molar-refractivity contribution in [3.05, 3.63) is 81.3 Å². The first-order chi connectivity index (χ1) is 16.5.